The SMILES string of the molecule is CN(C)Cc1cncc(NC(=O)c2n[nH]c3ccc(-c4cncc(NC(=O)C5CC5)c4)cc23)c1. The van der Waals surface area contributed by atoms with E-state index in [9.17, 15) is 9.59 Å². The number of hydrogen-bond donors (Lipinski definition) is 3. The second-order valence-electron chi connectivity index (χ2n) is 8.83. The Morgan fingerprint density at radius 2 is 1.74 bits per heavy atom. The Kier molecular flexibility index (Phi) is 5.77. The molecule has 0 atom stereocenters. The van der Waals surface area contributed by atoms with Crippen LogP contribution in [0.5, 0.6) is 0 Å². The Balaban J connectivity index is 1.39. The number of nitrogens with zero attached hydrogens (tertiary/aromatic N) is 4. The molecular formula is C25H25N7O2. The summed E-state index contributed by atoms with van der Waals surface area (Å²) in [5, 5.41) is 13.7. The fourth-order valence-electron chi connectivity index (χ4n) is 3.82. The van der Waals surface area contributed by atoms with Crippen molar-refractivity contribution < 1.29 is 9.59 Å². The second-order valence-corrected chi connectivity index (χ2v) is 8.83. The van der Waals surface area contributed by atoms with Gasteiger partial charge in [-0.2, -0.15) is 5.10 Å². The summed E-state index contributed by atoms with van der Waals surface area (Å²) in [5.41, 5.74) is 5.01. The second kappa shape index (κ2) is 9.03. The van der Waals surface area contributed by atoms with Crippen molar-refractivity contribution in [2.24, 2.45) is 5.92 Å². The van der Waals surface area contributed by atoms with Crippen molar-refractivity contribution in [2.45, 2.75) is 19.4 Å². The minimum Gasteiger partial charge on any atom is -0.324 e. The third-order valence-electron chi connectivity index (χ3n) is 5.62. The Hall–Kier alpha value is -4.11. The maximum Gasteiger partial charge on any atom is 0.276 e. The van der Waals surface area contributed by atoms with Gasteiger partial charge in [0.05, 0.1) is 29.3 Å². The van der Waals surface area contributed by atoms with Gasteiger partial charge < -0.3 is 15.5 Å². The van der Waals surface area contributed by atoms with Crippen LogP contribution in [-0.4, -0.2) is 51.0 Å². The van der Waals surface area contributed by atoms with Crippen LogP contribution in [-0.2, 0) is 11.3 Å². The lowest BCUT2D eigenvalue weighted by molar-refractivity contribution is -0.117. The number of pyridine rings is 2. The predicted molar refractivity (Wildman–Crippen MR) is 130 cm³/mol. The van der Waals surface area contributed by atoms with Gasteiger partial charge in [0.1, 0.15) is 0 Å². The highest BCUT2D eigenvalue weighted by Crippen LogP contribution is 2.31. The standard InChI is InChI=1S/C25H25N7O2/c1-32(2)14-15-7-19(12-26-10-15)29-25(34)23-21-9-17(5-6-22(21)30-31-23)18-8-20(13-27-11-18)28-24(33)16-3-4-16/h5-13,16H,3-4,14H2,1-2H3,(H,28,33)(H,29,34)(H,30,31). The van der Waals surface area contributed by atoms with Crippen LogP contribution in [0.15, 0.2) is 55.1 Å². The lowest BCUT2D eigenvalue weighted by atomic mass is 10.0. The molecule has 9 nitrogen and oxygen atoms in total. The quantitative estimate of drug-likeness (QED) is 0.391. The average Bonchev–Trinajstić information content (AvgIpc) is 3.58. The van der Waals surface area contributed by atoms with E-state index in [0.717, 1.165) is 41.6 Å². The summed E-state index contributed by atoms with van der Waals surface area (Å²) < 4.78 is 0. The van der Waals surface area contributed by atoms with Crippen LogP contribution in [0.4, 0.5) is 11.4 Å². The molecule has 34 heavy (non-hydrogen) atoms. The van der Waals surface area contributed by atoms with Gasteiger partial charge in [0.2, 0.25) is 5.91 Å². The molecule has 2 amide bonds. The number of benzene rings is 1. The minimum absolute atomic E-state index is 0.0346. The van der Waals surface area contributed by atoms with Gasteiger partial charge in [-0.25, -0.2) is 0 Å². The van der Waals surface area contributed by atoms with Gasteiger partial charge in [-0.05, 0) is 62.3 Å². The van der Waals surface area contributed by atoms with E-state index in [2.05, 4.69) is 30.8 Å². The van der Waals surface area contributed by atoms with Crippen molar-refractivity contribution in [3.63, 3.8) is 0 Å². The summed E-state index contributed by atoms with van der Waals surface area (Å²) in [7, 11) is 3.95. The highest BCUT2D eigenvalue weighted by molar-refractivity contribution is 6.11. The molecule has 0 saturated heterocycles. The number of rotatable bonds is 7. The topological polar surface area (TPSA) is 116 Å². The smallest absolute Gasteiger partial charge is 0.276 e. The maximum atomic E-state index is 13.0. The number of aromatic amines is 1. The summed E-state index contributed by atoms with van der Waals surface area (Å²) >= 11 is 0. The molecule has 1 saturated carbocycles. The first-order chi connectivity index (χ1) is 16.5. The molecule has 3 N–H and O–H groups in total. The van der Waals surface area contributed by atoms with Gasteiger partial charge in [0.15, 0.2) is 5.69 Å². The molecule has 1 aliphatic carbocycles. The van der Waals surface area contributed by atoms with E-state index in [0.29, 0.717) is 22.5 Å². The van der Waals surface area contributed by atoms with Crippen molar-refractivity contribution in [3.05, 3.63) is 66.4 Å². The molecule has 0 spiro atoms. The van der Waals surface area contributed by atoms with Gasteiger partial charge in [-0.15, -0.1) is 0 Å². The van der Waals surface area contributed by atoms with Gasteiger partial charge in [0, 0.05) is 35.8 Å². The van der Waals surface area contributed by atoms with E-state index >= 15 is 0 Å². The lowest BCUT2D eigenvalue weighted by Crippen LogP contribution is -2.14. The summed E-state index contributed by atoms with van der Waals surface area (Å²) in [6.45, 7) is 0.722. The van der Waals surface area contributed by atoms with Crippen molar-refractivity contribution >= 4 is 34.1 Å². The summed E-state index contributed by atoms with van der Waals surface area (Å²) in [5.74, 6) is -0.172. The molecule has 172 valence electrons. The van der Waals surface area contributed by atoms with Crippen molar-refractivity contribution in [2.75, 3.05) is 24.7 Å². The van der Waals surface area contributed by atoms with Crippen LogP contribution < -0.4 is 10.6 Å². The zero-order valence-electron chi connectivity index (χ0n) is 19.0. The Morgan fingerprint density at radius 3 is 2.50 bits per heavy atom. The van der Waals surface area contributed by atoms with Crippen molar-refractivity contribution in [3.8, 4) is 11.1 Å². The molecule has 3 aromatic heterocycles. The highest BCUT2D eigenvalue weighted by Gasteiger charge is 2.29. The zero-order valence-corrected chi connectivity index (χ0v) is 19.0. The lowest BCUT2D eigenvalue weighted by Gasteiger charge is -2.10. The van der Waals surface area contributed by atoms with Crippen LogP contribution in [0.1, 0.15) is 28.9 Å². The highest BCUT2D eigenvalue weighted by atomic mass is 16.2. The summed E-state index contributed by atoms with van der Waals surface area (Å²) in [6, 6.07) is 9.50. The Labute approximate surface area is 196 Å². The molecule has 3 heterocycles. The molecule has 0 aliphatic heterocycles. The average molecular weight is 456 g/mol. The first-order valence-corrected chi connectivity index (χ1v) is 11.1. The van der Waals surface area contributed by atoms with Crippen LogP contribution in [0.3, 0.4) is 0 Å². The van der Waals surface area contributed by atoms with Gasteiger partial charge in [-0.1, -0.05) is 6.07 Å². The van der Waals surface area contributed by atoms with E-state index in [-0.39, 0.29) is 17.7 Å². The monoisotopic (exact) mass is 455 g/mol. The third kappa shape index (κ3) is 4.79. The molecule has 1 aromatic carbocycles. The molecule has 4 aromatic rings. The van der Waals surface area contributed by atoms with Gasteiger partial charge in [0.25, 0.3) is 5.91 Å². The normalized spacial score (nSPS) is 13.3. The van der Waals surface area contributed by atoms with E-state index in [4.69, 9.17) is 0 Å². The maximum absolute atomic E-state index is 13.0. The number of carbonyl (C=O) groups is 2. The number of H-pyrrole nitrogens is 1. The van der Waals surface area contributed by atoms with E-state index in [1.807, 2.05) is 49.3 Å². The van der Waals surface area contributed by atoms with E-state index < -0.39 is 0 Å². The van der Waals surface area contributed by atoms with Crippen LogP contribution in [0, 0.1) is 5.92 Å². The number of amides is 2. The first kappa shape index (κ1) is 21.7. The molecule has 0 bridgehead atoms. The van der Waals surface area contributed by atoms with E-state index in [1.54, 1.807) is 24.8 Å². The van der Waals surface area contributed by atoms with Crippen molar-refractivity contribution in [1.82, 2.24) is 25.1 Å². The van der Waals surface area contributed by atoms with E-state index in [1.165, 1.54) is 0 Å². The molecule has 1 fully saturated rings. The Bertz CT molecular complexity index is 1370. The number of aromatic nitrogens is 4. The number of nitrogens with one attached hydrogen (secondary N) is 3. The molecule has 9 heteroatoms. The number of fused-ring (bicyclic) bond motifs is 1. The summed E-state index contributed by atoms with van der Waals surface area (Å²) in [6.07, 6.45) is 8.65. The molecule has 0 unspecified atom stereocenters. The van der Waals surface area contributed by atoms with Crippen LogP contribution in [0.2, 0.25) is 0 Å². The van der Waals surface area contributed by atoms with Crippen LogP contribution in [0.25, 0.3) is 22.0 Å². The first-order valence-electron chi connectivity index (χ1n) is 11.1. The largest absolute Gasteiger partial charge is 0.324 e. The molecular weight excluding hydrogens is 430 g/mol. The number of carbonyl (C=O) groups excluding carboxylic acids is 2. The fraction of sp³-hybridized carbons (Fsp3) is 0.240. The van der Waals surface area contributed by atoms with Crippen LogP contribution >= 0.6 is 0 Å². The van der Waals surface area contributed by atoms with Gasteiger partial charge >= 0.3 is 0 Å². The van der Waals surface area contributed by atoms with Crippen molar-refractivity contribution in [1.29, 1.82) is 0 Å². The molecule has 0 radical (unpaired) electrons. The summed E-state index contributed by atoms with van der Waals surface area (Å²) in [4.78, 5) is 35.7. The fourth-order valence-corrected chi connectivity index (χ4v) is 3.82. The minimum atomic E-state index is -0.323. The number of anilines is 2. The molecule has 1 aliphatic rings. The zero-order chi connectivity index (χ0) is 23.7. The molecule has 5 rings (SSSR count). The number of hydrogen-bond acceptors (Lipinski definition) is 6. The predicted octanol–water partition coefficient (Wildman–Crippen LogP) is 3.68. The van der Waals surface area contributed by atoms with Gasteiger partial charge in [-0.3, -0.25) is 24.7 Å². The Morgan fingerprint density at radius 1 is 0.971 bits per heavy atom. The third-order valence-corrected chi connectivity index (χ3v) is 5.62.